The molecule has 0 saturated carbocycles. The molecule has 4 N–H and O–H groups in total. The number of carbonyl (C=O) groups is 2. The minimum absolute atomic E-state index is 0.00150. The zero-order valence-electron chi connectivity index (χ0n) is 31.4. The van der Waals surface area contributed by atoms with Crippen molar-refractivity contribution in [3.63, 3.8) is 0 Å². The summed E-state index contributed by atoms with van der Waals surface area (Å²) in [6.45, 7) is 3.68. The van der Waals surface area contributed by atoms with E-state index in [0.717, 1.165) is 22.3 Å². The molecule has 13 nitrogen and oxygen atoms in total. The number of ether oxygens (including phenoxy) is 7. The van der Waals surface area contributed by atoms with Crippen molar-refractivity contribution in [3.8, 4) is 5.75 Å². The van der Waals surface area contributed by atoms with Crippen LogP contribution in [-0.4, -0.2) is 121 Å². The Morgan fingerprint density at radius 3 is 2.00 bits per heavy atom. The number of aliphatic hydroxyl groups is 2. The fourth-order valence-corrected chi connectivity index (χ4v) is 6.23. The highest BCUT2D eigenvalue weighted by Crippen LogP contribution is 2.32. The first-order chi connectivity index (χ1) is 26.4. The normalized spacial score (nSPS) is 16.6. The van der Waals surface area contributed by atoms with E-state index in [9.17, 15) is 19.8 Å². The van der Waals surface area contributed by atoms with E-state index >= 15 is 0 Å². The fraction of sp³-hybridized carbons (Fsp3) is 0.512. The van der Waals surface area contributed by atoms with Crippen LogP contribution in [0.3, 0.4) is 0 Å². The molecule has 5 atom stereocenters. The Morgan fingerprint density at radius 1 is 0.722 bits per heavy atom. The number of alkyl carbamates (subject to hydrolysis) is 1. The second-order valence-corrected chi connectivity index (χ2v) is 13.1. The maximum Gasteiger partial charge on any atom is 0.407 e. The average molecular weight is 753 g/mol. The zero-order chi connectivity index (χ0) is 38.4. The highest BCUT2D eigenvalue weighted by molar-refractivity contribution is 5.80. The number of amides is 2. The van der Waals surface area contributed by atoms with E-state index in [1.54, 1.807) is 14.2 Å². The Hall–Kier alpha value is -4.08. The van der Waals surface area contributed by atoms with Crippen LogP contribution in [0.5, 0.6) is 5.75 Å². The van der Waals surface area contributed by atoms with E-state index in [4.69, 9.17) is 33.2 Å². The number of methoxy groups -OCH3 is 2. The van der Waals surface area contributed by atoms with Gasteiger partial charge in [0.2, 0.25) is 5.91 Å². The lowest BCUT2D eigenvalue weighted by Crippen LogP contribution is -2.47. The molecule has 54 heavy (non-hydrogen) atoms. The predicted molar refractivity (Wildman–Crippen MR) is 201 cm³/mol. The van der Waals surface area contributed by atoms with Crippen molar-refractivity contribution < 1.29 is 53.0 Å². The number of carbonyl (C=O) groups excluding carboxylic acids is 2. The van der Waals surface area contributed by atoms with Crippen molar-refractivity contribution >= 4 is 12.0 Å². The number of fused-ring (bicyclic) bond motifs is 1. The summed E-state index contributed by atoms with van der Waals surface area (Å²) in [4.78, 5) is 27.0. The Balaban J connectivity index is 1.37. The van der Waals surface area contributed by atoms with E-state index < -0.39 is 36.3 Å². The minimum atomic E-state index is -1.13. The Kier molecular flexibility index (Phi) is 19.2. The summed E-state index contributed by atoms with van der Waals surface area (Å²) in [5.41, 5.74) is 3.62. The third-order valence-electron chi connectivity index (χ3n) is 9.06. The van der Waals surface area contributed by atoms with Crippen LogP contribution in [0, 0.1) is 5.92 Å². The van der Waals surface area contributed by atoms with Gasteiger partial charge < -0.3 is 54.0 Å². The van der Waals surface area contributed by atoms with Crippen molar-refractivity contribution in [1.29, 1.82) is 0 Å². The molecule has 13 heteroatoms. The van der Waals surface area contributed by atoms with E-state index in [1.807, 2.05) is 78.9 Å². The van der Waals surface area contributed by atoms with Crippen molar-refractivity contribution in [2.75, 3.05) is 80.3 Å². The van der Waals surface area contributed by atoms with E-state index in [1.165, 1.54) is 0 Å². The fourth-order valence-electron chi connectivity index (χ4n) is 6.23. The van der Waals surface area contributed by atoms with Gasteiger partial charge in [0.15, 0.2) is 0 Å². The number of hydrogen-bond acceptors (Lipinski definition) is 11. The molecule has 0 radical (unpaired) electrons. The van der Waals surface area contributed by atoms with E-state index in [-0.39, 0.29) is 25.5 Å². The summed E-state index contributed by atoms with van der Waals surface area (Å²) in [5.74, 6) is -0.341. The molecule has 3 aromatic carbocycles. The molecule has 0 bridgehead atoms. The number of hydrogen-bond donors (Lipinski definition) is 4. The van der Waals surface area contributed by atoms with E-state index in [2.05, 4.69) is 10.6 Å². The summed E-state index contributed by atoms with van der Waals surface area (Å²) in [7, 11) is 3.22. The summed E-state index contributed by atoms with van der Waals surface area (Å²) < 4.78 is 37.4. The van der Waals surface area contributed by atoms with Crippen LogP contribution in [0.1, 0.15) is 34.7 Å². The molecule has 0 aliphatic heterocycles. The number of nitrogens with one attached hydrogen (secondary N) is 2. The molecule has 4 rings (SSSR count). The highest BCUT2D eigenvalue weighted by atomic mass is 16.6. The lowest BCUT2D eigenvalue weighted by atomic mass is 9.88. The van der Waals surface area contributed by atoms with Gasteiger partial charge in [0.25, 0.3) is 0 Å². The second kappa shape index (κ2) is 24.4. The molecule has 0 aromatic heterocycles. The molecule has 0 saturated heterocycles. The molecular formula is C41H56N2O11. The molecule has 3 aromatic rings. The zero-order valence-corrected chi connectivity index (χ0v) is 31.4. The van der Waals surface area contributed by atoms with Gasteiger partial charge in [-0.1, -0.05) is 66.7 Å². The third kappa shape index (κ3) is 15.0. The molecule has 1 aliphatic carbocycles. The van der Waals surface area contributed by atoms with Gasteiger partial charge in [-0.25, -0.2) is 4.79 Å². The maximum absolute atomic E-state index is 14.1. The van der Waals surface area contributed by atoms with Gasteiger partial charge in [-0.3, -0.25) is 4.79 Å². The minimum Gasteiger partial charge on any atom is -0.491 e. The van der Waals surface area contributed by atoms with Gasteiger partial charge in [-0.15, -0.1) is 0 Å². The van der Waals surface area contributed by atoms with Gasteiger partial charge in [-0.2, -0.15) is 0 Å². The summed E-state index contributed by atoms with van der Waals surface area (Å²) in [6.07, 6.45) is -1.54. The molecule has 0 unspecified atom stereocenters. The monoisotopic (exact) mass is 752 g/mol. The predicted octanol–water partition coefficient (Wildman–Crippen LogP) is 3.43. The smallest absolute Gasteiger partial charge is 0.407 e. The second-order valence-electron chi connectivity index (χ2n) is 13.1. The SMILES string of the molecule is COCCOCCOCCOCCOC(=O)N[C@@H](Cc1ccccc1)[C@@H](O)C[C@@H](Cc1ccc(OCCOC)cc1)C(=O)N[C@H]1c2ccccc2C[C@H]1O. The van der Waals surface area contributed by atoms with Crippen molar-refractivity contribution in [1.82, 2.24) is 10.6 Å². The first kappa shape index (κ1) is 42.7. The standard InChI is InChI=1S/C41H56N2O11/c1-48-16-18-50-19-20-51-21-22-52-23-25-54-41(47)42-36(27-30-8-4-3-5-9-30)37(44)29-33(26-31-12-14-34(15-13-31)53-24-17-49-2)40(46)43-39-35-11-7-6-10-32(35)28-38(39)45/h3-15,33,36-39,44-45H,16-29H2,1-2H3,(H,42,47)(H,43,46)/t33-,36+,37+,38-,39+/m1/s1. The largest absolute Gasteiger partial charge is 0.491 e. The molecule has 1 aliphatic rings. The van der Waals surface area contributed by atoms with Crippen LogP contribution in [0.2, 0.25) is 0 Å². The van der Waals surface area contributed by atoms with Crippen molar-refractivity contribution in [2.45, 2.75) is 50.0 Å². The third-order valence-corrected chi connectivity index (χ3v) is 9.06. The van der Waals surface area contributed by atoms with E-state index in [0.29, 0.717) is 77.9 Å². The first-order valence-corrected chi connectivity index (χ1v) is 18.5. The summed E-state index contributed by atoms with van der Waals surface area (Å²) in [5, 5.41) is 28.5. The first-order valence-electron chi connectivity index (χ1n) is 18.5. The van der Waals surface area contributed by atoms with Crippen LogP contribution >= 0.6 is 0 Å². The molecule has 0 fully saturated rings. The van der Waals surface area contributed by atoms with Crippen LogP contribution in [-0.2, 0) is 52.5 Å². The number of rotatable bonds is 26. The molecule has 296 valence electrons. The van der Waals surface area contributed by atoms with Crippen molar-refractivity contribution in [3.05, 3.63) is 101 Å². The molecule has 0 spiro atoms. The molecule has 0 heterocycles. The average Bonchev–Trinajstić information content (AvgIpc) is 3.49. The van der Waals surface area contributed by atoms with Crippen LogP contribution in [0.25, 0.3) is 0 Å². The van der Waals surface area contributed by atoms with Crippen LogP contribution in [0.4, 0.5) is 4.79 Å². The van der Waals surface area contributed by atoms with Gasteiger partial charge in [0, 0.05) is 26.6 Å². The van der Waals surface area contributed by atoms with Gasteiger partial charge in [-0.05, 0) is 53.6 Å². The molecular weight excluding hydrogens is 696 g/mol. The molecule has 2 amide bonds. The quantitative estimate of drug-likeness (QED) is 0.0890. The lowest BCUT2D eigenvalue weighted by molar-refractivity contribution is -0.127. The maximum atomic E-state index is 14.1. The Morgan fingerprint density at radius 2 is 1.31 bits per heavy atom. The summed E-state index contributed by atoms with van der Waals surface area (Å²) in [6, 6.07) is 23.2. The van der Waals surface area contributed by atoms with Crippen LogP contribution < -0.4 is 15.4 Å². The Bertz CT molecular complexity index is 1490. The topological polar surface area (TPSA) is 163 Å². The van der Waals surface area contributed by atoms with Gasteiger partial charge in [0.05, 0.1) is 77.1 Å². The van der Waals surface area contributed by atoms with Crippen LogP contribution in [0.15, 0.2) is 78.9 Å². The highest BCUT2D eigenvalue weighted by Gasteiger charge is 2.35. The van der Waals surface area contributed by atoms with Gasteiger partial charge >= 0.3 is 6.09 Å². The number of aliphatic hydroxyl groups excluding tert-OH is 2. The number of benzene rings is 3. The van der Waals surface area contributed by atoms with Gasteiger partial charge in [0.1, 0.15) is 19.0 Å². The lowest BCUT2D eigenvalue weighted by Gasteiger charge is -2.28. The Labute approximate surface area is 318 Å². The summed E-state index contributed by atoms with van der Waals surface area (Å²) >= 11 is 0. The van der Waals surface area contributed by atoms with Crippen molar-refractivity contribution in [2.24, 2.45) is 5.92 Å².